The standard InChI is InChI=1S/C19H14ClFN2O3S/c20-16-11-10-13(23-27(25,26)14-6-2-1-3-7-14)12-15(16)19(24)22-18-9-5-4-8-17(18)21/h1-12,23H,(H,22,24). The van der Waals surface area contributed by atoms with Crippen molar-refractivity contribution in [3.63, 3.8) is 0 Å². The second-order valence-corrected chi connectivity index (χ2v) is 7.64. The van der Waals surface area contributed by atoms with E-state index >= 15 is 0 Å². The number of benzene rings is 3. The highest BCUT2D eigenvalue weighted by atomic mass is 35.5. The predicted octanol–water partition coefficient (Wildman–Crippen LogP) is 4.53. The summed E-state index contributed by atoms with van der Waals surface area (Å²) >= 11 is 6.05. The van der Waals surface area contributed by atoms with Gasteiger partial charge in [0.05, 0.1) is 21.2 Å². The monoisotopic (exact) mass is 404 g/mol. The molecule has 0 spiro atoms. The average Bonchev–Trinajstić information content (AvgIpc) is 2.65. The fraction of sp³-hybridized carbons (Fsp3) is 0. The summed E-state index contributed by atoms with van der Waals surface area (Å²) in [4.78, 5) is 12.5. The summed E-state index contributed by atoms with van der Waals surface area (Å²) < 4.78 is 40.9. The molecule has 0 radical (unpaired) electrons. The second kappa shape index (κ2) is 7.77. The maximum atomic E-state index is 13.7. The number of hydrogen-bond acceptors (Lipinski definition) is 3. The molecule has 5 nitrogen and oxygen atoms in total. The molecular weight excluding hydrogens is 391 g/mol. The first-order valence-corrected chi connectivity index (χ1v) is 9.66. The molecule has 0 atom stereocenters. The first kappa shape index (κ1) is 18.9. The van der Waals surface area contributed by atoms with Crippen molar-refractivity contribution in [1.29, 1.82) is 0 Å². The zero-order valence-corrected chi connectivity index (χ0v) is 15.4. The van der Waals surface area contributed by atoms with E-state index in [1.807, 2.05) is 0 Å². The summed E-state index contributed by atoms with van der Waals surface area (Å²) in [6.45, 7) is 0. The molecule has 3 aromatic rings. The number of halogens is 2. The largest absolute Gasteiger partial charge is 0.319 e. The molecule has 3 rings (SSSR count). The Balaban J connectivity index is 1.86. The molecule has 27 heavy (non-hydrogen) atoms. The van der Waals surface area contributed by atoms with E-state index in [0.717, 1.165) is 0 Å². The molecule has 0 saturated heterocycles. The van der Waals surface area contributed by atoms with E-state index in [1.165, 1.54) is 48.5 Å². The zero-order chi connectivity index (χ0) is 19.4. The van der Waals surface area contributed by atoms with Gasteiger partial charge >= 0.3 is 0 Å². The molecule has 0 heterocycles. The summed E-state index contributed by atoms with van der Waals surface area (Å²) in [5.41, 5.74) is 0.156. The van der Waals surface area contributed by atoms with Gasteiger partial charge in [-0.25, -0.2) is 12.8 Å². The molecule has 0 aliphatic heterocycles. The maximum absolute atomic E-state index is 13.7. The lowest BCUT2D eigenvalue weighted by Gasteiger charge is -2.11. The van der Waals surface area contributed by atoms with E-state index in [2.05, 4.69) is 10.0 Å². The number of para-hydroxylation sites is 1. The van der Waals surface area contributed by atoms with Crippen LogP contribution >= 0.6 is 11.6 Å². The Labute approximate surface area is 160 Å². The highest BCUT2D eigenvalue weighted by molar-refractivity contribution is 7.92. The Kier molecular flexibility index (Phi) is 5.43. The van der Waals surface area contributed by atoms with Crippen LogP contribution in [0.25, 0.3) is 0 Å². The number of anilines is 2. The lowest BCUT2D eigenvalue weighted by atomic mass is 10.2. The van der Waals surface area contributed by atoms with E-state index in [9.17, 15) is 17.6 Å². The third-order valence-electron chi connectivity index (χ3n) is 3.64. The van der Waals surface area contributed by atoms with E-state index in [1.54, 1.807) is 24.3 Å². The van der Waals surface area contributed by atoms with Crippen LogP contribution < -0.4 is 10.0 Å². The molecule has 2 N–H and O–H groups in total. The van der Waals surface area contributed by atoms with E-state index < -0.39 is 21.7 Å². The van der Waals surface area contributed by atoms with Gasteiger partial charge in [-0.3, -0.25) is 9.52 Å². The topological polar surface area (TPSA) is 75.3 Å². The fourth-order valence-corrected chi connectivity index (χ4v) is 3.60. The van der Waals surface area contributed by atoms with Crippen molar-refractivity contribution in [2.24, 2.45) is 0 Å². The van der Waals surface area contributed by atoms with Crippen molar-refractivity contribution in [3.05, 3.63) is 89.2 Å². The Bertz CT molecular complexity index is 1090. The number of carbonyl (C=O) groups excluding carboxylic acids is 1. The number of nitrogens with one attached hydrogen (secondary N) is 2. The van der Waals surface area contributed by atoms with Crippen molar-refractivity contribution in [2.75, 3.05) is 10.0 Å². The van der Waals surface area contributed by atoms with Crippen LogP contribution in [0.3, 0.4) is 0 Å². The minimum absolute atomic E-state index is 0.00571. The molecule has 0 fully saturated rings. The maximum Gasteiger partial charge on any atom is 0.261 e. The Morgan fingerprint density at radius 2 is 1.59 bits per heavy atom. The van der Waals surface area contributed by atoms with Crippen LogP contribution in [-0.4, -0.2) is 14.3 Å². The number of carbonyl (C=O) groups is 1. The Morgan fingerprint density at radius 1 is 0.926 bits per heavy atom. The van der Waals surface area contributed by atoms with Gasteiger partial charge in [-0.1, -0.05) is 41.9 Å². The highest BCUT2D eigenvalue weighted by Crippen LogP contribution is 2.24. The van der Waals surface area contributed by atoms with Gasteiger partial charge in [0.25, 0.3) is 15.9 Å². The summed E-state index contributed by atoms with van der Waals surface area (Å²) in [5, 5.41) is 2.52. The van der Waals surface area contributed by atoms with E-state index in [-0.39, 0.29) is 26.9 Å². The first-order valence-electron chi connectivity index (χ1n) is 7.80. The number of amides is 1. The summed E-state index contributed by atoms with van der Waals surface area (Å²) in [6.07, 6.45) is 0. The summed E-state index contributed by atoms with van der Waals surface area (Å²) in [6, 6.07) is 17.6. The molecule has 0 saturated carbocycles. The van der Waals surface area contributed by atoms with Gasteiger partial charge in [0.2, 0.25) is 0 Å². The van der Waals surface area contributed by atoms with Gasteiger partial charge in [-0.2, -0.15) is 0 Å². The fourth-order valence-electron chi connectivity index (χ4n) is 2.33. The van der Waals surface area contributed by atoms with Crippen molar-refractivity contribution in [3.8, 4) is 0 Å². The first-order chi connectivity index (χ1) is 12.9. The molecule has 1 amide bonds. The molecule has 8 heteroatoms. The number of hydrogen-bond donors (Lipinski definition) is 2. The van der Waals surface area contributed by atoms with Crippen LogP contribution in [0.1, 0.15) is 10.4 Å². The minimum atomic E-state index is -3.82. The number of rotatable bonds is 5. The van der Waals surface area contributed by atoms with Gasteiger partial charge in [-0.15, -0.1) is 0 Å². The molecule has 138 valence electrons. The SMILES string of the molecule is O=C(Nc1ccccc1F)c1cc(NS(=O)(=O)c2ccccc2)ccc1Cl. The smallest absolute Gasteiger partial charge is 0.261 e. The number of sulfonamides is 1. The summed E-state index contributed by atoms with van der Waals surface area (Å²) in [7, 11) is -3.82. The molecule has 0 unspecified atom stereocenters. The van der Waals surface area contributed by atoms with Crippen molar-refractivity contribution in [2.45, 2.75) is 4.90 Å². The molecule has 0 bridgehead atoms. The van der Waals surface area contributed by atoms with Gasteiger partial charge in [0.1, 0.15) is 5.82 Å². The second-order valence-electron chi connectivity index (χ2n) is 5.55. The zero-order valence-electron chi connectivity index (χ0n) is 13.8. The third-order valence-corrected chi connectivity index (χ3v) is 5.37. The van der Waals surface area contributed by atoms with Gasteiger partial charge < -0.3 is 5.32 Å². The van der Waals surface area contributed by atoms with Gasteiger partial charge in [-0.05, 0) is 42.5 Å². The van der Waals surface area contributed by atoms with Gasteiger partial charge in [0, 0.05) is 5.69 Å². The van der Waals surface area contributed by atoms with Crippen molar-refractivity contribution >= 4 is 38.9 Å². The quantitative estimate of drug-likeness (QED) is 0.655. The van der Waals surface area contributed by atoms with Crippen molar-refractivity contribution in [1.82, 2.24) is 0 Å². The normalized spacial score (nSPS) is 11.0. The predicted molar refractivity (Wildman–Crippen MR) is 103 cm³/mol. The average molecular weight is 405 g/mol. The van der Waals surface area contributed by atoms with Crippen LogP contribution in [0.4, 0.5) is 15.8 Å². The minimum Gasteiger partial charge on any atom is -0.319 e. The molecule has 3 aromatic carbocycles. The molecular formula is C19H14ClFN2O3S. The molecule has 0 aliphatic carbocycles. The van der Waals surface area contributed by atoms with Crippen LogP contribution in [0.15, 0.2) is 77.7 Å². The summed E-state index contributed by atoms with van der Waals surface area (Å²) in [5.74, 6) is -1.26. The highest BCUT2D eigenvalue weighted by Gasteiger charge is 2.17. The van der Waals surface area contributed by atoms with Gasteiger partial charge in [0.15, 0.2) is 0 Å². The Hall–Kier alpha value is -2.90. The van der Waals surface area contributed by atoms with Crippen LogP contribution in [-0.2, 0) is 10.0 Å². The van der Waals surface area contributed by atoms with Crippen LogP contribution in [0.2, 0.25) is 5.02 Å². The van der Waals surface area contributed by atoms with E-state index in [0.29, 0.717) is 0 Å². The van der Waals surface area contributed by atoms with E-state index in [4.69, 9.17) is 11.6 Å². The lowest BCUT2D eigenvalue weighted by Crippen LogP contribution is -2.16. The van der Waals surface area contributed by atoms with Crippen molar-refractivity contribution < 1.29 is 17.6 Å². The molecule has 0 aliphatic rings. The van der Waals surface area contributed by atoms with Crippen LogP contribution in [0, 0.1) is 5.82 Å². The Morgan fingerprint density at radius 3 is 2.30 bits per heavy atom. The molecule has 0 aromatic heterocycles. The van der Waals surface area contributed by atoms with Crippen LogP contribution in [0.5, 0.6) is 0 Å². The third kappa shape index (κ3) is 4.45. The lowest BCUT2D eigenvalue weighted by molar-refractivity contribution is 0.102.